The highest BCUT2D eigenvalue weighted by atomic mass is 14.1. The second-order valence-electron chi connectivity index (χ2n) is 3.40. The molecule has 0 aliphatic heterocycles. The molecule has 0 spiro atoms. The zero-order valence-corrected chi connectivity index (χ0v) is 8.39. The standard InChI is InChI=1S/C12H22/c1-4-7-10-12(9-6-3)11-8-5-2/h4,6,12H,1,3,5,7-11H2,2H3. The normalized spacial score (nSPS) is 12.4. The number of allylic oxidation sites excluding steroid dienone is 2. The van der Waals surface area contributed by atoms with E-state index < -0.39 is 0 Å². The van der Waals surface area contributed by atoms with Crippen LogP contribution in [0.2, 0.25) is 0 Å². The van der Waals surface area contributed by atoms with Crippen molar-refractivity contribution in [2.75, 3.05) is 0 Å². The van der Waals surface area contributed by atoms with Gasteiger partial charge in [-0.15, -0.1) is 13.2 Å². The highest BCUT2D eigenvalue weighted by Crippen LogP contribution is 2.18. The molecule has 0 nitrogen and oxygen atoms in total. The van der Waals surface area contributed by atoms with Gasteiger partial charge in [0.2, 0.25) is 0 Å². The highest BCUT2D eigenvalue weighted by Gasteiger charge is 2.04. The Kier molecular flexibility index (Phi) is 8.20. The predicted molar refractivity (Wildman–Crippen MR) is 57.3 cm³/mol. The van der Waals surface area contributed by atoms with Gasteiger partial charge < -0.3 is 0 Å². The first-order chi connectivity index (χ1) is 5.85. The van der Waals surface area contributed by atoms with Crippen LogP contribution in [0.5, 0.6) is 0 Å². The molecule has 0 aromatic heterocycles. The Labute approximate surface area is 77.4 Å². The molecule has 70 valence electrons. The molecule has 0 N–H and O–H groups in total. The van der Waals surface area contributed by atoms with Crippen molar-refractivity contribution < 1.29 is 0 Å². The molecule has 1 atom stereocenters. The fraction of sp³-hybridized carbons (Fsp3) is 0.667. The molecule has 0 aliphatic rings. The SMILES string of the molecule is C=CCCC(CC=C)CCCC. The average Bonchev–Trinajstić information content (AvgIpc) is 2.10. The van der Waals surface area contributed by atoms with Gasteiger partial charge in [-0.1, -0.05) is 38.3 Å². The predicted octanol–water partition coefficient (Wildman–Crippen LogP) is 4.34. The molecular formula is C12H22. The maximum atomic E-state index is 3.79. The van der Waals surface area contributed by atoms with Crippen molar-refractivity contribution >= 4 is 0 Å². The minimum absolute atomic E-state index is 0.848. The fourth-order valence-corrected chi connectivity index (χ4v) is 1.46. The molecule has 0 saturated heterocycles. The van der Waals surface area contributed by atoms with Gasteiger partial charge in [-0.25, -0.2) is 0 Å². The Bertz CT molecular complexity index is 113. The smallest absolute Gasteiger partial charge is 0.0325 e. The molecule has 0 fully saturated rings. The van der Waals surface area contributed by atoms with Crippen LogP contribution in [0.25, 0.3) is 0 Å². The molecule has 0 rings (SSSR count). The Balaban J connectivity index is 3.52. The van der Waals surface area contributed by atoms with Gasteiger partial charge in [0.15, 0.2) is 0 Å². The Morgan fingerprint density at radius 1 is 1.17 bits per heavy atom. The van der Waals surface area contributed by atoms with Crippen LogP contribution >= 0.6 is 0 Å². The minimum atomic E-state index is 0.848. The summed E-state index contributed by atoms with van der Waals surface area (Å²) >= 11 is 0. The summed E-state index contributed by atoms with van der Waals surface area (Å²) in [6.45, 7) is 9.79. The first-order valence-corrected chi connectivity index (χ1v) is 5.06. The maximum Gasteiger partial charge on any atom is -0.0325 e. The second kappa shape index (κ2) is 8.58. The lowest BCUT2D eigenvalue weighted by molar-refractivity contribution is 0.442. The van der Waals surface area contributed by atoms with Crippen molar-refractivity contribution in [1.29, 1.82) is 0 Å². The minimum Gasteiger partial charge on any atom is -0.103 e. The number of rotatable bonds is 8. The van der Waals surface area contributed by atoms with E-state index in [1.54, 1.807) is 0 Å². The first-order valence-electron chi connectivity index (χ1n) is 5.06. The third-order valence-electron chi connectivity index (χ3n) is 2.24. The zero-order valence-electron chi connectivity index (χ0n) is 8.39. The molecule has 1 unspecified atom stereocenters. The molecule has 0 bridgehead atoms. The molecule has 0 aromatic carbocycles. The average molecular weight is 166 g/mol. The molecule has 0 heteroatoms. The summed E-state index contributed by atoms with van der Waals surface area (Å²) in [7, 11) is 0. The molecule has 0 saturated carbocycles. The number of unbranched alkanes of at least 4 members (excludes halogenated alkanes) is 1. The van der Waals surface area contributed by atoms with Gasteiger partial charge in [0.25, 0.3) is 0 Å². The fourth-order valence-electron chi connectivity index (χ4n) is 1.46. The third kappa shape index (κ3) is 6.21. The lowest BCUT2D eigenvalue weighted by atomic mass is 9.94. The van der Waals surface area contributed by atoms with Crippen molar-refractivity contribution in [3.63, 3.8) is 0 Å². The van der Waals surface area contributed by atoms with E-state index in [1.165, 1.54) is 32.1 Å². The van der Waals surface area contributed by atoms with E-state index in [4.69, 9.17) is 0 Å². The summed E-state index contributed by atoms with van der Waals surface area (Å²) in [5.74, 6) is 0.848. The second-order valence-corrected chi connectivity index (χ2v) is 3.40. The van der Waals surface area contributed by atoms with Gasteiger partial charge in [0, 0.05) is 0 Å². The molecule has 0 amide bonds. The topological polar surface area (TPSA) is 0 Å². The monoisotopic (exact) mass is 166 g/mol. The van der Waals surface area contributed by atoms with Gasteiger partial charge >= 0.3 is 0 Å². The van der Waals surface area contributed by atoms with E-state index in [1.807, 2.05) is 12.2 Å². The Morgan fingerprint density at radius 3 is 2.42 bits per heavy atom. The molecule has 0 heterocycles. The van der Waals surface area contributed by atoms with Crippen molar-refractivity contribution in [3.8, 4) is 0 Å². The lowest BCUT2D eigenvalue weighted by Crippen LogP contribution is -1.98. The van der Waals surface area contributed by atoms with E-state index in [0.717, 1.165) is 12.3 Å². The Morgan fingerprint density at radius 2 is 1.92 bits per heavy atom. The van der Waals surface area contributed by atoms with Crippen LogP contribution in [0.4, 0.5) is 0 Å². The van der Waals surface area contributed by atoms with E-state index in [9.17, 15) is 0 Å². The number of hydrogen-bond acceptors (Lipinski definition) is 0. The summed E-state index contributed by atoms with van der Waals surface area (Å²) in [6, 6.07) is 0. The highest BCUT2D eigenvalue weighted by molar-refractivity contribution is 4.76. The number of hydrogen-bond donors (Lipinski definition) is 0. The van der Waals surface area contributed by atoms with Crippen molar-refractivity contribution in [3.05, 3.63) is 25.3 Å². The largest absolute Gasteiger partial charge is 0.103 e. The van der Waals surface area contributed by atoms with E-state index >= 15 is 0 Å². The van der Waals surface area contributed by atoms with Gasteiger partial charge in [-0.2, -0.15) is 0 Å². The third-order valence-corrected chi connectivity index (χ3v) is 2.24. The van der Waals surface area contributed by atoms with E-state index in [0.29, 0.717) is 0 Å². The van der Waals surface area contributed by atoms with Crippen LogP contribution in [-0.4, -0.2) is 0 Å². The van der Waals surface area contributed by atoms with Crippen molar-refractivity contribution in [1.82, 2.24) is 0 Å². The van der Waals surface area contributed by atoms with Crippen LogP contribution in [0, 0.1) is 5.92 Å². The van der Waals surface area contributed by atoms with Crippen molar-refractivity contribution in [2.24, 2.45) is 5.92 Å². The molecular weight excluding hydrogens is 144 g/mol. The Hall–Kier alpha value is -0.520. The van der Waals surface area contributed by atoms with Gasteiger partial charge in [-0.05, 0) is 25.2 Å². The quantitative estimate of drug-likeness (QED) is 0.471. The van der Waals surface area contributed by atoms with Crippen LogP contribution in [0.15, 0.2) is 25.3 Å². The molecule has 0 aliphatic carbocycles. The molecule has 0 radical (unpaired) electrons. The van der Waals surface area contributed by atoms with Crippen molar-refractivity contribution in [2.45, 2.75) is 45.4 Å². The summed E-state index contributed by atoms with van der Waals surface area (Å²) in [4.78, 5) is 0. The van der Waals surface area contributed by atoms with Crippen LogP contribution in [0.1, 0.15) is 45.4 Å². The van der Waals surface area contributed by atoms with Gasteiger partial charge in [-0.3, -0.25) is 0 Å². The molecule has 12 heavy (non-hydrogen) atoms. The van der Waals surface area contributed by atoms with Crippen LogP contribution in [0.3, 0.4) is 0 Å². The summed E-state index contributed by atoms with van der Waals surface area (Å²) in [5.41, 5.74) is 0. The first kappa shape index (κ1) is 11.5. The molecule has 0 aromatic rings. The summed E-state index contributed by atoms with van der Waals surface area (Å²) in [5, 5.41) is 0. The van der Waals surface area contributed by atoms with E-state index in [2.05, 4.69) is 20.1 Å². The zero-order chi connectivity index (χ0) is 9.23. The maximum absolute atomic E-state index is 3.79. The van der Waals surface area contributed by atoms with Gasteiger partial charge in [0.05, 0.1) is 0 Å². The van der Waals surface area contributed by atoms with E-state index in [-0.39, 0.29) is 0 Å². The summed E-state index contributed by atoms with van der Waals surface area (Å²) in [6.07, 6.45) is 11.7. The summed E-state index contributed by atoms with van der Waals surface area (Å²) < 4.78 is 0. The van der Waals surface area contributed by atoms with Gasteiger partial charge in [0.1, 0.15) is 0 Å². The lowest BCUT2D eigenvalue weighted by Gasteiger charge is -2.12. The van der Waals surface area contributed by atoms with Crippen LogP contribution < -0.4 is 0 Å². The van der Waals surface area contributed by atoms with Crippen LogP contribution in [-0.2, 0) is 0 Å².